The van der Waals surface area contributed by atoms with Crippen molar-refractivity contribution in [1.29, 1.82) is 0 Å². The van der Waals surface area contributed by atoms with E-state index < -0.39 is 5.97 Å². The van der Waals surface area contributed by atoms with Crippen LogP contribution in [0.3, 0.4) is 0 Å². The van der Waals surface area contributed by atoms with Gasteiger partial charge in [-0.25, -0.2) is 4.79 Å². The molecule has 2 rings (SSSR count). The summed E-state index contributed by atoms with van der Waals surface area (Å²) in [5.74, 6) is 0.737. The molecular weight excluding hydrogens is 254 g/mol. The average molecular weight is 283 g/mol. The molecule has 0 spiro atoms. The average Bonchev–Trinajstić information content (AvgIpc) is 2.45. The molecule has 2 atom stereocenters. The van der Waals surface area contributed by atoms with Crippen LogP contribution in [-0.2, 0) is 9.53 Å². The molecule has 0 bridgehead atoms. The molecule has 1 aliphatic heterocycles. The Kier molecular flexibility index (Phi) is 5.85. The number of hydrogen-bond acceptors (Lipinski definition) is 3. The van der Waals surface area contributed by atoms with Crippen molar-refractivity contribution >= 4 is 5.97 Å². The van der Waals surface area contributed by atoms with Crippen molar-refractivity contribution in [3.8, 4) is 0 Å². The van der Waals surface area contributed by atoms with Crippen LogP contribution in [0.4, 0.5) is 0 Å². The molecule has 0 amide bonds. The first kappa shape index (κ1) is 15.8. The van der Waals surface area contributed by atoms with E-state index in [1.807, 2.05) is 0 Å². The Morgan fingerprint density at radius 2 is 1.85 bits per heavy atom. The van der Waals surface area contributed by atoms with Crippen LogP contribution in [0, 0.1) is 11.8 Å². The van der Waals surface area contributed by atoms with E-state index in [4.69, 9.17) is 9.84 Å². The van der Waals surface area contributed by atoms with Crippen LogP contribution in [0.5, 0.6) is 0 Å². The molecule has 0 aromatic rings. The SMILES string of the molecule is CC(C)C1CCCCC1N1CCC(OCC(=O)O)CC1. The predicted molar refractivity (Wildman–Crippen MR) is 78.8 cm³/mol. The van der Waals surface area contributed by atoms with Crippen molar-refractivity contribution in [2.24, 2.45) is 11.8 Å². The van der Waals surface area contributed by atoms with Gasteiger partial charge in [0.25, 0.3) is 0 Å². The predicted octanol–water partition coefficient (Wildman–Crippen LogP) is 2.77. The topological polar surface area (TPSA) is 49.8 Å². The summed E-state index contributed by atoms with van der Waals surface area (Å²) in [6.45, 7) is 6.69. The molecule has 116 valence electrons. The van der Waals surface area contributed by atoms with E-state index >= 15 is 0 Å². The fraction of sp³-hybridized carbons (Fsp3) is 0.938. The quantitative estimate of drug-likeness (QED) is 0.843. The molecule has 1 N–H and O–H groups in total. The van der Waals surface area contributed by atoms with E-state index in [9.17, 15) is 4.79 Å². The third kappa shape index (κ3) is 4.19. The number of carboxylic acid groups (broad SMARTS) is 1. The van der Waals surface area contributed by atoms with E-state index in [-0.39, 0.29) is 12.7 Å². The molecule has 0 aromatic carbocycles. The second-order valence-corrected chi connectivity index (χ2v) is 6.70. The summed E-state index contributed by atoms with van der Waals surface area (Å²) in [7, 11) is 0. The Morgan fingerprint density at radius 3 is 2.45 bits per heavy atom. The van der Waals surface area contributed by atoms with Gasteiger partial charge in [0.15, 0.2) is 0 Å². The monoisotopic (exact) mass is 283 g/mol. The fourth-order valence-corrected chi connectivity index (χ4v) is 3.93. The molecule has 0 aromatic heterocycles. The van der Waals surface area contributed by atoms with Gasteiger partial charge in [0.1, 0.15) is 6.61 Å². The second-order valence-electron chi connectivity index (χ2n) is 6.70. The minimum absolute atomic E-state index is 0.142. The molecular formula is C16H29NO3. The summed E-state index contributed by atoms with van der Waals surface area (Å²) in [4.78, 5) is 13.2. The lowest BCUT2D eigenvalue weighted by Crippen LogP contribution is -2.49. The number of aliphatic carboxylic acids is 1. The number of likely N-dealkylation sites (tertiary alicyclic amines) is 1. The molecule has 2 fully saturated rings. The van der Waals surface area contributed by atoms with E-state index in [1.165, 1.54) is 25.7 Å². The van der Waals surface area contributed by atoms with Gasteiger partial charge < -0.3 is 9.84 Å². The lowest BCUT2D eigenvalue weighted by molar-refractivity contribution is -0.145. The summed E-state index contributed by atoms with van der Waals surface area (Å²) < 4.78 is 5.43. The molecule has 1 saturated heterocycles. The highest BCUT2D eigenvalue weighted by Crippen LogP contribution is 2.34. The van der Waals surface area contributed by atoms with Crippen LogP contribution < -0.4 is 0 Å². The Balaban J connectivity index is 1.81. The molecule has 0 radical (unpaired) electrons. The highest BCUT2D eigenvalue weighted by atomic mass is 16.5. The van der Waals surface area contributed by atoms with Gasteiger partial charge in [0, 0.05) is 19.1 Å². The molecule has 4 heteroatoms. The van der Waals surface area contributed by atoms with Gasteiger partial charge in [-0.15, -0.1) is 0 Å². The van der Waals surface area contributed by atoms with Crippen LogP contribution in [0.15, 0.2) is 0 Å². The molecule has 20 heavy (non-hydrogen) atoms. The summed E-state index contributed by atoms with van der Waals surface area (Å²) in [5.41, 5.74) is 0. The van der Waals surface area contributed by atoms with Crippen LogP contribution in [0.1, 0.15) is 52.4 Å². The third-order valence-electron chi connectivity index (χ3n) is 5.03. The molecule has 1 saturated carbocycles. The minimum Gasteiger partial charge on any atom is -0.480 e. The van der Waals surface area contributed by atoms with Gasteiger partial charge in [0.05, 0.1) is 6.10 Å². The highest BCUT2D eigenvalue weighted by molar-refractivity contribution is 5.68. The van der Waals surface area contributed by atoms with Gasteiger partial charge in [0.2, 0.25) is 0 Å². The summed E-state index contributed by atoms with van der Waals surface area (Å²) in [5, 5.41) is 8.66. The van der Waals surface area contributed by atoms with Crippen molar-refractivity contribution in [2.45, 2.75) is 64.5 Å². The number of piperidine rings is 1. The minimum atomic E-state index is -0.861. The highest BCUT2D eigenvalue weighted by Gasteiger charge is 2.34. The van der Waals surface area contributed by atoms with E-state index in [0.717, 1.165) is 43.8 Å². The first-order chi connectivity index (χ1) is 9.58. The van der Waals surface area contributed by atoms with Crippen molar-refractivity contribution < 1.29 is 14.6 Å². The number of carbonyl (C=O) groups is 1. The smallest absolute Gasteiger partial charge is 0.329 e. The van der Waals surface area contributed by atoms with Crippen molar-refractivity contribution in [2.75, 3.05) is 19.7 Å². The maximum Gasteiger partial charge on any atom is 0.329 e. The summed E-state index contributed by atoms with van der Waals surface area (Å²) in [6, 6.07) is 0.740. The van der Waals surface area contributed by atoms with E-state index in [2.05, 4.69) is 18.7 Å². The largest absolute Gasteiger partial charge is 0.480 e. The molecule has 1 heterocycles. The fourth-order valence-electron chi connectivity index (χ4n) is 3.93. The third-order valence-corrected chi connectivity index (χ3v) is 5.03. The van der Waals surface area contributed by atoms with Crippen LogP contribution in [0.25, 0.3) is 0 Å². The zero-order chi connectivity index (χ0) is 14.5. The Hall–Kier alpha value is -0.610. The first-order valence-electron chi connectivity index (χ1n) is 8.15. The maximum absolute atomic E-state index is 10.5. The Labute approximate surface area is 122 Å². The zero-order valence-electron chi connectivity index (χ0n) is 12.9. The van der Waals surface area contributed by atoms with E-state index in [0.29, 0.717) is 0 Å². The number of carboxylic acids is 1. The number of ether oxygens (including phenoxy) is 1. The van der Waals surface area contributed by atoms with Gasteiger partial charge >= 0.3 is 5.97 Å². The number of hydrogen-bond donors (Lipinski definition) is 1. The Morgan fingerprint density at radius 1 is 1.20 bits per heavy atom. The lowest BCUT2D eigenvalue weighted by Gasteiger charge is -2.44. The van der Waals surface area contributed by atoms with Gasteiger partial charge in [-0.05, 0) is 37.5 Å². The van der Waals surface area contributed by atoms with E-state index in [1.54, 1.807) is 0 Å². The Bertz CT molecular complexity index is 311. The lowest BCUT2D eigenvalue weighted by atomic mass is 9.76. The molecule has 1 aliphatic carbocycles. The van der Waals surface area contributed by atoms with Gasteiger partial charge in [-0.2, -0.15) is 0 Å². The standard InChI is InChI=1S/C16H29NO3/c1-12(2)14-5-3-4-6-15(14)17-9-7-13(8-10-17)20-11-16(18)19/h12-15H,3-11H2,1-2H3,(H,18,19). The van der Waals surface area contributed by atoms with Crippen molar-refractivity contribution in [3.05, 3.63) is 0 Å². The molecule has 4 nitrogen and oxygen atoms in total. The molecule has 2 aliphatic rings. The summed E-state index contributed by atoms with van der Waals surface area (Å²) >= 11 is 0. The van der Waals surface area contributed by atoms with Crippen LogP contribution >= 0.6 is 0 Å². The number of nitrogens with zero attached hydrogens (tertiary/aromatic N) is 1. The van der Waals surface area contributed by atoms with Crippen LogP contribution in [-0.4, -0.2) is 47.8 Å². The first-order valence-corrected chi connectivity index (χ1v) is 8.15. The maximum atomic E-state index is 10.5. The van der Waals surface area contributed by atoms with Gasteiger partial charge in [-0.3, -0.25) is 4.90 Å². The van der Waals surface area contributed by atoms with Crippen LogP contribution in [0.2, 0.25) is 0 Å². The van der Waals surface area contributed by atoms with Crippen molar-refractivity contribution in [1.82, 2.24) is 4.90 Å². The summed E-state index contributed by atoms with van der Waals surface area (Å²) in [6.07, 6.45) is 7.56. The van der Waals surface area contributed by atoms with Crippen molar-refractivity contribution in [3.63, 3.8) is 0 Å². The second kappa shape index (κ2) is 7.41. The van der Waals surface area contributed by atoms with Gasteiger partial charge in [-0.1, -0.05) is 26.7 Å². The normalized spacial score (nSPS) is 29.8. The number of rotatable bonds is 5. The molecule has 2 unspecified atom stereocenters. The zero-order valence-corrected chi connectivity index (χ0v) is 12.9.